The zero-order valence-corrected chi connectivity index (χ0v) is 17.1. The summed E-state index contributed by atoms with van der Waals surface area (Å²) < 4.78 is 1.72. The minimum Gasteiger partial charge on any atom is -0.330 e. The van der Waals surface area contributed by atoms with Gasteiger partial charge >= 0.3 is 0 Å². The van der Waals surface area contributed by atoms with Crippen molar-refractivity contribution in [2.24, 2.45) is 7.05 Å². The van der Waals surface area contributed by atoms with Crippen LogP contribution in [0.15, 0.2) is 77.6 Å². The fourth-order valence-electron chi connectivity index (χ4n) is 3.46. The third kappa shape index (κ3) is 3.78. The van der Waals surface area contributed by atoms with Gasteiger partial charge in [0.05, 0.1) is 16.0 Å². The van der Waals surface area contributed by atoms with Crippen molar-refractivity contribution in [1.29, 1.82) is 0 Å². The quantitative estimate of drug-likeness (QED) is 0.361. The van der Waals surface area contributed by atoms with Gasteiger partial charge in [0, 0.05) is 35.2 Å². The van der Waals surface area contributed by atoms with Crippen LogP contribution in [0.4, 0.5) is 11.5 Å². The minimum absolute atomic E-state index is 0.108. The number of halogens is 1. The van der Waals surface area contributed by atoms with Crippen molar-refractivity contribution in [2.45, 2.75) is 0 Å². The number of nitrogens with one attached hydrogen (secondary N) is 1. The lowest BCUT2D eigenvalue weighted by Crippen LogP contribution is -2.21. The van der Waals surface area contributed by atoms with E-state index < -0.39 is 10.8 Å². The zero-order chi connectivity index (χ0) is 22.1. The molecular weight excluding hydrogens is 418 g/mol. The topological polar surface area (TPSA) is 94.2 Å². The number of carbonyl (C=O) groups excluding carboxylic acids is 1. The highest BCUT2D eigenvalue weighted by Crippen LogP contribution is 2.29. The van der Waals surface area contributed by atoms with Gasteiger partial charge < -0.3 is 9.88 Å². The van der Waals surface area contributed by atoms with Crippen molar-refractivity contribution in [2.75, 3.05) is 5.32 Å². The van der Waals surface area contributed by atoms with Gasteiger partial charge in [-0.15, -0.1) is 0 Å². The minimum atomic E-state index is -0.568. The maximum atomic E-state index is 13.4. The summed E-state index contributed by atoms with van der Waals surface area (Å²) in [5.41, 5.74) is 1.20. The van der Waals surface area contributed by atoms with Crippen molar-refractivity contribution in [3.8, 4) is 11.1 Å². The molecule has 4 rings (SSSR count). The number of anilines is 1. The predicted octanol–water partition coefficient (Wildman–Crippen LogP) is 5.02. The van der Waals surface area contributed by atoms with Crippen molar-refractivity contribution < 1.29 is 9.72 Å². The maximum absolute atomic E-state index is 13.4. The number of rotatable bonds is 4. The van der Waals surface area contributed by atoms with Gasteiger partial charge in [0.1, 0.15) is 5.82 Å². The van der Waals surface area contributed by atoms with Gasteiger partial charge in [-0.2, -0.15) is 0 Å². The Morgan fingerprint density at radius 2 is 1.74 bits per heavy atom. The second kappa shape index (κ2) is 8.04. The number of hydrogen-bond donors (Lipinski definition) is 1. The van der Waals surface area contributed by atoms with Crippen LogP contribution in [-0.4, -0.2) is 15.4 Å². The van der Waals surface area contributed by atoms with E-state index in [9.17, 15) is 19.7 Å². The molecule has 0 atom stereocenters. The number of benzene rings is 3. The van der Waals surface area contributed by atoms with Gasteiger partial charge in [-0.25, -0.2) is 0 Å². The number of fused-ring (bicyclic) bond motifs is 1. The molecule has 0 spiro atoms. The Kier molecular flexibility index (Phi) is 5.27. The molecule has 0 saturated heterocycles. The number of non-ortho nitro benzene ring substituents is 1. The molecule has 31 heavy (non-hydrogen) atoms. The summed E-state index contributed by atoms with van der Waals surface area (Å²) in [7, 11) is 1.74. The van der Waals surface area contributed by atoms with Crippen LogP contribution >= 0.6 is 11.6 Å². The first kappa shape index (κ1) is 20.3. The number of para-hydroxylation sites is 1. The molecule has 0 radical (unpaired) electrons. The molecular formula is C23H16ClN3O4. The summed E-state index contributed by atoms with van der Waals surface area (Å²) in [6, 6.07) is 19.2. The molecule has 1 aromatic heterocycles. The van der Waals surface area contributed by atoms with E-state index in [0.29, 0.717) is 27.1 Å². The maximum Gasteiger partial charge on any atom is 0.270 e. The Morgan fingerprint density at radius 3 is 2.45 bits per heavy atom. The number of aryl methyl sites for hydroxylation is 1. The van der Waals surface area contributed by atoms with Gasteiger partial charge in [0.15, 0.2) is 5.43 Å². The molecule has 0 fully saturated rings. The van der Waals surface area contributed by atoms with Crippen LogP contribution in [0.2, 0.25) is 5.02 Å². The molecule has 0 aliphatic carbocycles. The van der Waals surface area contributed by atoms with E-state index in [0.717, 1.165) is 0 Å². The molecule has 1 heterocycles. The van der Waals surface area contributed by atoms with E-state index in [2.05, 4.69) is 5.32 Å². The zero-order valence-electron chi connectivity index (χ0n) is 16.3. The molecule has 4 aromatic rings. The largest absolute Gasteiger partial charge is 0.330 e. The molecule has 1 N–H and O–H groups in total. The number of nitro benzene ring substituents is 1. The van der Waals surface area contributed by atoms with Crippen LogP contribution < -0.4 is 10.7 Å². The van der Waals surface area contributed by atoms with Crippen LogP contribution in [0.3, 0.4) is 0 Å². The second-order valence-electron chi connectivity index (χ2n) is 6.90. The van der Waals surface area contributed by atoms with Gasteiger partial charge in [-0.1, -0.05) is 41.9 Å². The summed E-state index contributed by atoms with van der Waals surface area (Å²) >= 11 is 6.00. The van der Waals surface area contributed by atoms with Crippen molar-refractivity contribution in [3.63, 3.8) is 0 Å². The number of carbonyl (C=O) groups is 1. The summed E-state index contributed by atoms with van der Waals surface area (Å²) in [4.78, 5) is 36.8. The van der Waals surface area contributed by atoms with Crippen LogP contribution in [0, 0.1) is 10.1 Å². The molecule has 0 aliphatic heterocycles. The first-order chi connectivity index (χ1) is 14.9. The van der Waals surface area contributed by atoms with E-state index >= 15 is 0 Å². The number of hydrogen-bond acceptors (Lipinski definition) is 4. The molecule has 1 amide bonds. The van der Waals surface area contributed by atoms with E-state index in [1.807, 2.05) is 0 Å². The fourth-order valence-corrected chi connectivity index (χ4v) is 3.59. The highest BCUT2D eigenvalue weighted by molar-refractivity contribution is 6.30. The molecule has 7 nitrogen and oxygen atoms in total. The summed E-state index contributed by atoms with van der Waals surface area (Å²) in [5.74, 6) is -0.285. The average molecular weight is 434 g/mol. The van der Waals surface area contributed by atoms with Crippen molar-refractivity contribution >= 4 is 39.9 Å². The summed E-state index contributed by atoms with van der Waals surface area (Å²) in [6.07, 6.45) is 0. The van der Waals surface area contributed by atoms with E-state index in [1.54, 1.807) is 60.1 Å². The van der Waals surface area contributed by atoms with Gasteiger partial charge in [-0.05, 0) is 35.9 Å². The van der Waals surface area contributed by atoms with E-state index in [1.165, 1.54) is 24.3 Å². The monoisotopic (exact) mass is 433 g/mol. The number of nitro groups is 1. The number of pyridine rings is 1. The molecule has 154 valence electrons. The first-order valence-corrected chi connectivity index (χ1v) is 9.68. The fraction of sp³-hybridized carbons (Fsp3) is 0.0435. The molecule has 0 bridgehead atoms. The van der Waals surface area contributed by atoms with Crippen LogP contribution in [0.25, 0.3) is 22.0 Å². The average Bonchev–Trinajstić information content (AvgIpc) is 2.78. The molecule has 0 saturated carbocycles. The second-order valence-corrected chi connectivity index (χ2v) is 7.33. The van der Waals surface area contributed by atoms with E-state index in [4.69, 9.17) is 11.6 Å². The lowest BCUT2D eigenvalue weighted by atomic mass is 10.0. The first-order valence-electron chi connectivity index (χ1n) is 9.30. The van der Waals surface area contributed by atoms with Crippen LogP contribution in [0.5, 0.6) is 0 Å². The smallest absolute Gasteiger partial charge is 0.270 e. The number of nitrogens with zero attached hydrogens (tertiary/aromatic N) is 2. The number of aromatic nitrogens is 1. The Morgan fingerprint density at radius 1 is 1.03 bits per heavy atom. The highest BCUT2D eigenvalue weighted by Gasteiger charge is 2.20. The van der Waals surface area contributed by atoms with Gasteiger partial charge in [0.25, 0.3) is 11.6 Å². The molecule has 8 heteroatoms. The van der Waals surface area contributed by atoms with Crippen molar-refractivity contribution in [3.05, 3.63) is 104 Å². The van der Waals surface area contributed by atoms with Gasteiger partial charge in [0.2, 0.25) is 0 Å². The highest BCUT2D eigenvalue weighted by atomic mass is 35.5. The Hall–Kier alpha value is -3.97. The van der Waals surface area contributed by atoms with Crippen LogP contribution in [-0.2, 0) is 7.05 Å². The van der Waals surface area contributed by atoms with Crippen molar-refractivity contribution in [1.82, 2.24) is 4.57 Å². The third-order valence-electron chi connectivity index (χ3n) is 4.99. The molecule has 3 aromatic carbocycles. The Labute approximate surface area is 181 Å². The standard InChI is InChI=1S/C23H16ClN3O4/c1-26-19-8-3-2-7-18(19)21(28)20(14-9-11-16(24)12-10-14)22(26)25-23(29)15-5-4-6-17(13-15)27(30)31/h2-13H,1H3,(H,25,29). The Bertz CT molecular complexity index is 1390. The summed E-state index contributed by atoms with van der Waals surface area (Å²) in [6.45, 7) is 0. The third-order valence-corrected chi connectivity index (χ3v) is 5.25. The molecule has 0 aliphatic rings. The lowest BCUT2D eigenvalue weighted by molar-refractivity contribution is -0.384. The number of amides is 1. The van der Waals surface area contributed by atoms with Crippen LogP contribution in [0.1, 0.15) is 10.4 Å². The SMILES string of the molecule is Cn1c(NC(=O)c2cccc([N+](=O)[O-])c2)c(-c2ccc(Cl)cc2)c(=O)c2ccccc21. The Balaban J connectivity index is 1.91. The lowest BCUT2D eigenvalue weighted by Gasteiger charge is -2.18. The normalized spacial score (nSPS) is 10.8. The summed E-state index contributed by atoms with van der Waals surface area (Å²) in [5, 5.41) is 14.9. The predicted molar refractivity (Wildman–Crippen MR) is 121 cm³/mol. The van der Waals surface area contributed by atoms with Gasteiger partial charge in [-0.3, -0.25) is 19.7 Å². The van der Waals surface area contributed by atoms with E-state index in [-0.39, 0.29) is 22.5 Å². The molecule has 0 unspecified atom stereocenters.